The first-order valence-electron chi connectivity index (χ1n) is 11.1. The van der Waals surface area contributed by atoms with Crippen molar-refractivity contribution < 1.29 is 23.5 Å². The Hall–Kier alpha value is -3.87. The minimum atomic E-state index is -0.851. The van der Waals surface area contributed by atoms with E-state index < -0.39 is 17.8 Å². The first-order valence-corrected chi connectivity index (χ1v) is 11.1. The third-order valence-electron chi connectivity index (χ3n) is 5.34. The van der Waals surface area contributed by atoms with E-state index in [9.17, 15) is 14.0 Å². The average Bonchev–Trinajstić information content (AvgIpc) is 2.86. The molecule has 0 aromatic heterocycles. The lowest BCUT2D eigenvalue weighted by Crippen LogP contribution is -2.51. The van der Waals surface area contributed by atoms with Crippen LogP contribution in [0.2, 0.25) is 0 Å². The molecule has 0 spiro atoms. The van der Waals surface area contributed by atoms with Crippen molar-refractivity contribution in [2.24, 2.45) is 0 Å². The number of nitrogens with one attached hydrogen (secondary N) is 1. The van der Waals surface area contributed by atoms with Gasteiger partial charge in [0, 0.05) is 25.1 Å². The normalized spacial score (nSPS) is 11.4. The van der Waals surface area contributed by atoms with Crippen molar-refractivity contribution in [2.45, 2.75) is 25.9 Å². The highest BCUT2D eigenvalue weighted by Crippen LogP contribution is 2.26. The maximum absolute atomic E-state index is 14.5. The second-order valence-corrected chi connectivity index (χ2v) is 7.65. The lowest BCUT2D eigenvalue weighted by atomic mass is 10.0. The van der Waals surface area contributed by atoms with Gasteiger partial charge in [0.05, 0.1) is 7.11 Å². The molecule has 0 aliphatic rings. The molecule has 6 nitrogen and oxygen atoms in total. The Labute approximate surface area is 199 Å². The Bertz CT molecular complexity index is 1090. The number of para-hydroxylation sites is 2. The van der Waals surface area contributed by atoms with Crippen LogP contribution in [0.5, 0.6) is 11.5 Å². The number of carbonyl (C=O) groups excluding carboxylic acids is 2. The van der Waals surface area contributed by atoms with Gasteiger partial charge in [0.25, 0.3) is 5.91 Å². The molecule has 7 heteroatoms. The summed E-state index contributed by atoms with van der Waals surface area (Å²) in [7, 11) is 1.51. The van der Waals surface area contributed by atoms with E-state index in [1.807, 2.05) is 37.3 Å². The van der Waals surface area contributed by atoms with Gasteiger partial charge >= 0.3 is 0 Å². The summed E-state index contributed by atoms with van der Waals surface area (Å²) in [5, 5.41) is 2.81. The standard InChI is InChI=1S/C27H29FN2O4/c1-3-29-27(32)23(17-20-11-5-4-6-12-20)30(18-21-13-7-8-14-22(21)28)26(31)19-34-25-16-10-9-15-24(25)33-2/h4-16,23H,3,17-19H2,1-2H3,(H,29,32)/t23-/m0/s1. The highest BCUT2D eigenvalue weighted by atomic mass is 19.1. The highest BCUT2D eigenvalue weighted by Gasteiger charge is 2.31. The first kappa shape index (κ1) is 24.8. The van der Waals surface area contributed by atoms with Crippen molar-refractivity contribution in [2.75, 3.05) is 20.3 Å². The molecular formula is C27H29FN2O4. The summed E-state index contributed by atoms with van der Waals surface area (Å²) in [5.74, 6) is -0.308. The van der Waals surface area contributed by atoms with Crippen LogP contribution in [0, 0.1) is 5.82 Å². The smallest absolute Gasteiger partial charge is 0.261 e. The monoisotopic (exact) mass is 464 g/mol. The van der Waals surface area contributed by atoms with Crippen molar-refractivity contribution in [1.82, 2.24) is 10.2 Å². The van der Waals surface area contributed by atoms with Crippen LogP contribution in [0.15, 0.2) is 78.9 Å². The molecule has 2 amide bonds. The van der Waals surface area contributed by atoms with Crippen molar-refractivity contribution in [3.05, 3.63) is 95.8 Å². The summed E-state index contributed by atoms with van der Waals surface area (Å²) in [5.41, 5.74) is 1.20. The van der Waals surface area contributed by atoms with Gasteiger partial charge in [-0.15, -0.1) is 0 Å². The minimum absolute atomic E-state index is 0.0740. The average molecular weight is 465 g/mol. The summed E-state index contributed by atoms with van der Waals surface area (Å²) < 4.78 is 25.5. The van der Waals surface area contributed by atoms with Gasteiger partial charge in [-0.3, -0.25) is 9.59 Å². The number of rotatable bonds is 11. The molecule has 3 aromatic carbocycles. The van der Waals surface area contributed by atoms with Gasteiger partial charge in [0.15, 0.2) is 18.1 Å². The number of carbonyl (C=O) groups is 2. The zero-order chi connectivity index (χ0) is 24.3. The molecule has 0 fully saturated rings. The van der Waals surface area contributed by atoms with Crippen molar-refractivity contribution in [3.63, 3.8) is 0 Å². The lowest BCUT2D eigenvalue weighted by Gasteiger charge is -2.31. The summed E-state index contributed by atoms with van der Waals surface area (Å²) in [6.45, 7) is 1.81. The largest absolute Gasteiger partial charge is 0.493 e. The Morgan fingerprint density at radius 3 is 2.26 bits per heavy atom. The topological polar surface area (TPSA) is 67.9 Å². The molecule has 178 valence electrons. The van der Waals surface area contributed by atoms with Gasteiger partial charge in [-0.25, -0.2) is 4.39 Å². The zero-order valence-corrected chi connectivity index (χ0v) is 19.4. The van der Waals surface area contributed by atoms with Crippen LogP contribution in [0.1, 0.15) is 18.1 Å². The molecule has 34 heavy (non-hydrogen) atoms. The van der Waals surface area contributed by atoms with Crippen LogP contribution in [0.3, 0.4) is 0 Å². The fourth-order valence-corrected chi connectivity index (χ4v) is 3.62. The van der Waals surface area contributed by atoms with Crippen LogP contribution >= 0.6 is 0 Å². The Kier molecular flexibility index (Phi) is 9.03. The van der Waals surface area contributed by atoms with Gasteiger partial charge in [-0.05, 0) is 30.7 Å². The number of benzene rings is 3. The molecule has 0 aliphatic heterocycles. The molecule has 1 N–H and O–H groups in total. The number of halogens is 1. The predicted octanol–water partition coefficient (Wildman–Crippen LogP) is 3.99. The van der Waals surface area contributed by atoms with E-state index in [0.29, 0.717) is 23.6 Å². The molecule has 3 aromatic rings. The van der Waals surface area contributed by atoms with Crippen LogP contribution in [0.4, 0.5) is 4.39 Å². The molecule has 0 saturated heterocycles. The molecular weight excluding hydrogens is 435 g/mol. The van der Waals surface area contributed by atoms with Crippen LogP contribution < -0.4 is 14.8 Å². The third-order valence-corrected chi connectivity index (χ3v) is 5.34. The van der Waals surface area contributed by atoms with Crippen molar-refractivity contribution in [1.29, 1.82) is 0 Å². The molecule has 0 unspecified atom stereocenters. The van der Waals surface area contributed by atoms with Gasteiger partial charge < -0.3 is 19.7 Å². The second kappa shape index (κ2) is 12.4. The van der Waals surface area contributed by atoms with E-state index in [0.717, 1.165) is 5.56 Å². The molecule has 0 heterocycles. The molecule has 3 rings (SSSR count). The number of amides is 2. The Balaban J connectivity index is 1.91. The van der Waals surface area contributed by atoms with E-state index >= 15 is 0 Å². The molecule has 0 radical (unpaired) electrons. The zero-order valence-electron chi connectivity index (χ0n) is 19.4. The molecule has 0 aliphatic carbocycles. The van der Waals surface area contributed by atoms with Gasteiger partial charge in [-0.1, -0.05) is 60.7 Å². The van der Waals surface area contributed by atoms with E-state index in [2.05, 4.69) is 5.32 Å². The Morgan fingerprint density at radius 2 is 1.59 bits per heavy atom. The number of likely N-dealkylation sites (N-methyl/N-ethyl adjacent to an activating group) is 1. The summed E-state index contributed by atoms with van der Waals surface area (Å²) in [6, 6.07) is 21.8. The number of hydrogen-bond acceptors (Lipinski definition) is 4. The van der Waals surface area contributed by atoms with Crippen LogP contribution in [0.25, 0.3) is 0 Å². The number of methoxy groups -OCH3 is 1. The van der Waals surface area contributed by atoms with E-state index in [4.69, 9.17) is 9.47 Å². The third kappa shape index (κ3) is 6.57. The quantitative estimate of drug-likeness (QED) is 0.466. The van der Waals surface area contributed by atoms with Gasteiger partial charge in [-0.2, -0.15) is 0 Å². The SMILES string of the molecule is CCNC(=O)[C@H](Cc1ccccc1)N(Cc1ccccc1F)C(=O)COc1ccccc1OC. The van der Waals surface area contributed by atoms with E-state index in [-0.39, 0.29) is 25.5 Å². The fourth-order valence-electron chi connectivity index (χ4n) is 3.62. The number of ether oxygens (including phenoxy) is 2. The van der Waals surface area contributed by atoms with Gasteiger partial charge in [0.1, 0.15) is 11.9 Å². The number of hydrogen-bond donors (Lipinski definition) is 1. The van der Waals surface area contributed by atoms with Crippen LogP contribution in [-0.2, 0) is 22.6 Å². The van der Waals surface area contributed by atoms with Crippen molar-refractivity contribution >= 4 is 11.8 Å². The van der Waals surface area contributed by atoms with E-state index in [1.165, 1.54) is 18.1 Å². The molecule has 0 bridgehead atoms. The lowest BCUT2D eigenvalue weighted by molar-refractivity contribution is -0.142. The summed E-state index contributed by atoms with van der Waals surface area (Å²) >= 11 is 0. The van der Waals surface area contributed by atoms with Crippen molar-refractivity contribution in [3.8, 4) is 11.5 Å². The maximum atomic E-state index is 14.5. The molecule has 1 atom stereocenters. The maximum Gasteiger partial charge on any atom is 0.261 e. The first-order chi connectivity index (χ1) is 16.5. The minimum Gasteiger partial charge on any atom is -0.493 e. The summed E-state index contributed by atoms with van der Waals surface area (Å²) in [4.78, 5) is 27.9. The van der Waals surface area contributed by atoms with Crippen LogP contribution in [-0.4, -0.2) is 43.0 Å². The second-order valence-electron chi connectivity index (χ2n) is 7.65. The van der Waals surface area contributed by atoms with Gasteiger partial charge in [0.2, 0.25) is 5.91 Å². The Morgan fingerprint density at radius 1 is 0.941 bits per heavy atom. The number of nitrogens with zero attached hydrogens (tertiary/aromatic N) is 1. The summed E-state index contributed by atoms with van der Waals surface area (Å²) in [6.07, 6.45) is 0.279. The highest BCUT2D eigenvalue weighted by molar-refractivity contribution is 5.88. The van der Waals surface area contributed by atoms with E-state index in [1.54, 1.807) is 42.5 Å². The predicted molar refractivity (Wildman–Crippen MR) is 128 cm³/mol. The molecule has 0 saturated carbocycles. The fraction of sp³-hybridized carbons (Fsp3) is 0.259.